The van der Waals surface area contributed by atoms with Gasteiger partial charge in [-0.1, -0.05) is 67.4 Å². The van der Waals surface area contributed by atoms with Gasteiger partial charge in [0.2, 0.25) is 53.4 Å². The molecule has 18 atom stereocenters. The zero-order valence-corrected chi connectivity index (χ0v) is 66.5. The van der Waals surface area contributed by atoms with Crippen LogP contribution in [-0.2, 0) is 59.1 Å². The smallest absolute Gasteiger partial charge is 0.508 e. The third kappa shape index (κ3) is 20.1. The van der Waals surface area contributed by atoms with Crippen molar-refractivity contribution in [1.82, 2.24) is 42.5 Å². The van der Waals surface area contributed by atoms with Crippen LogP contribution >= 0.6 is 23.2 Å². The van der Waals surface area contributed by atoms with Gasteiger partial charge in [0.15, 0.2) is 23.8 Å². The van der Waals surface area contributed by atoms with E-state index in [1.165, 1.54) is 32.2 Å². The maximum Gasteiger partial charge on any atom is 0.573 e. The highest BCUT2D eigenvalue weighted by Crippen LogP contribution is 2.50. The number of fused-ring (bicyclic) bond motifs is 15. The summed E-state index contributed by atoms with van der Waals surface area (Å²) in [6.07, 6.45) is -24.9. The fourth-order valence-electron chi connectivity index (χ4n) is 14.7. The second-order valence-electron chi connectivity index (χ2n) is 30.2. The van der Waals surface area contributed by atoms with Gasteiger partial charge in [-0.15, -0.1) is 13.2 Å². The number of nitrogens with one attached hydrogen (secondary N) is 9. The number of hydrogen-bond acceptors (Lipinski definition) is 27. The molecule has 0 radical (unpaired) electrons. The molecule has 8 amide bonds. The van der Waals surface area contributed by atoms with Gasteiger partial charge < -0.3 is 138 Å². The minimum Gasteiger partial charge on any atom is -0.508 e. The number of aliphatic carboxylic acids is 1. The number of phenolic OH excluding ortho intramolecular Hbond substituents is 3. The van der Waals surface area contributed by atoms with E-state index in [1.54, 1.807) is 39.0 Å². The number of carboxylic acids is 1. The lowest BCUT2D eigenvalue weighted by atomic mass is 9.84. The zero-order valence-electron chi connectivity index (χ0n) is 65.0. The number of alkyl halides is 3. The minimum absolute atomic E-state index is 0.0331. The highest BCUT2D eigenvalue weighted by molar-refractivity contribution is 6.32. The molecule has 2 unspecified atom stereocenters. The van der Waals surface area contributed by atoms with Gasteiger partial charge in [-0.2, -0.15) is 0 Å². The molecule has 0 saturated carbocycles. The van der Waals surface area contributed by atoms with Crippen LogP contribution in [0.4, 0.5) is 18.9 Å². The topological polar surface area (TPSA) is 555 Å². The number of amides is 8. The van der Waals surface area contributed by atoms with Gasteiger partial charge in [0.1, 0.15) is 101 Å². The number of nitrogens with two attached hydrogens (primary N) is 1. The standard InChI is InChI=1S/C81H85Cl2F3N10O26/c1-32(2)19-47(88-5)72(108)95-62-64(102)37-12-17-51(45(82)22-37)117-53-24-39-25-54(69(53)121-79-67(105)66(104)65(103)55(31-97)119-79)118-52-18-13-38(23-46(52)83)68(120-57-29-80(4,70(106)33(3)116-57)89-30-34-7-6-8-40(20-34)90-71(107)35-9-14-42(15-10-35)122-81(84,85)86)63-77(113)94-61(78(114)115)44-26-41(98)27-50(100)58(44)43-21-36(11-16-49(43)99)59(74(110)96-63)93-75(111)60(39)92-73(109)48(28-56(87)101)91-76(62)112/h6-18,20-27,32-33,47-48,55,57,59-68,70,79,88-89,97-100,102-106H,19,28-31H2,1-5H3,(H2,87,101)(H,90,107)(H,91,112)(H,92,109)(H,93,111)(H,94,113)(H,95,108)(H,96,110)(H,114,115)/t33-,47-,48-,55-,57+,59-,60?,61+,62+,63+,64+,65+,66+,67+,68-,70+,79?,80-/m0/s1. The average molecular weight is 1740 g/mol. The van der Waals surface area contributed by atoms with Gasteiger partial charge in [0.05, 0.1) is 41.3 Å². The number of halogens is 5. The molecule has 2 saturated heterocycles. The van der Waals surface area contributed by atoms with Crippen LogP contribution in [0.2, 0.25) is 10.0 Å². The second kappa shape index (κ2) is 36.9. The molecular formula is C81H85Cl2F3N10O26. The number of aliphatic hydroxyl groups excluding tert-OH is 6. The first-order valence-electron chi connectivity index (χ1n) is 37.9. The number of anilines is 1. The summed E-state index contributed by atoms with van der Waals surface area (Å²) in [6.45, 7) is 5.53. The van der Waals surface area contributed by atoms with Crippen molar-refractivity contribution in [1.29, 1.82) is 0 Å². The van der Waals surface area contributed by atoms with Crippen LogP contribution in [0, 0.1) is 5.92 Å². The minimum atomic E-state index is -4.99. The van der Waals surface area contributed by atoms with E-state index in [9.17, 15) is 88.2 Å². The van der Waals surface area contributed by atoms with E-state index in [2.05, 4.69) is 52.6 Å². The molecule has 0 spiro atoms. The predicted octanol–water partition coefficient (Wildman–Crippen LogP) is 4.09. The normalized spacial score (nSPS) is 26.4. The molecule has 650 valence electrons. The molecule has 36 nitrogen and oxygen atoms in total. The lowest BCUT2D eigenvalue weighted by Crippen LogP contribution is -2.63. The molecule has 41 heteroatoms. The zero-order chi connectivity index (χ0) is 88.4. The van der Waals surface area contributed by atoms with Gasteiger partial charge in [-0.25, -0.2) is 4.79 Å². The molecule has 2 fully saturated rings. The molecule has 21 N–H and O–H groups in total. The van der Waals surface area contributed by atoms with Gasteiger partial charge in [0, 0.05) is 52.5 Å². The van der Waals surface area contributed by atoms with Gasteiger partial charge in [-0.05, 0) is 152 Å². The molecule has 14 rings (SSSR count). The number of aliphatic hydroxyl groups is 6. The number of rotatable bonds is 19. The Morgan fingerprint density at radius 2 is 1.34 bits per heavy atom. The van der Waals surface area contributed by atoms with Crippen molar-refractivity contribution in [2.24, 2.45) is 11.7 Å². The fraction of sp³-hybridized carbons (Fsp3) is 0.370. The van der Waals surface area contributed by atoms with Crippen molar-refractivity contribution in [2.45, 2.75) is 169 Å². The third-order valence-electron chi connectivity index (χ3n) is 21.0. The maximum absolute atomic E-state index is 16.4. The SMILES string of the molecule is CN[C@@H](CC(C)C)C(=O)N[C@H]1C(=O)N[C@@H](CC(N)=O)C(=O)NC2C(=O)N[C@@H]3C(=O)N[C@@H](C(=O)N[C@@H](C(=O)O)c4cc(O)cc(O)c4-c4cc3ccc4O)[C@@H](O[C@@H]3C[C@](C)(NCc4cccc(NC(=O)c5ccc(OC(F)(F)F)cc5)c4)[C@H](O)[C@H](C)O3)c3ccc(c(Cl)c3)Oc3cc2cc(c3OC2O[C@@H](CO)[C@@H](O)[C@@H](O)[C@H]2O)Oc2ccc(cc2Cl)[C@H]1O. The summed E-state index contributed by atoms with van der Waals surface area (Å²) in [5, 5.41) is 137. The quantitative estimate of drug-likeness (QED) is 0.0542. The Morgan fingerprint density at radius 1 is 0.697 bits per heavy atom. The summed E-state index contributed by atoms with van der Waals surface area (Å²) >= 11 is 14.4. The van der Waals surface area contributed by atoms with Crippen LogP contribution in [0.25, 0.3) is 11.1 Å². The summed E-state index contributed by atoms with van der Waals surface area (Å²) in [7, 11) is 1.46. The molecule has 0 aliphatic carbocycles. The molecule has 0 aromatic heterocycles. The molecule has 7 aliphatic rings. The molecule has 7 heterocycles. The van der Waals surface area contributed by atoms with Gasteiger partial charge in [0.25, 0.3) is 5.91 Å². The largest absolute Gasteiger partial charge is 0.573 e. The summed E-state index contributed by atoms with van der Waals surface area (Å²) in [5.74, 6) is -18.0. The van der Waals surface area contributed by atoms with E-state index >= 15 is 19.2 Å². The van der Waals surface area contributed by atoms with Crippen LogP contribution in [0.5, 0.6) is 51.7 Å². The molecular weight excluding hydrogens is 1660 g/mol. The fourth-order valence-corrected chi connectivity index (χ4v) is 15.2. The first kappa shape index (κ1) is 89.6. The number of primary amides is 1. The molecule has 7 aliphatic heterocycles. The number of hydrogen-bond donors (Lipinski definition) is 20. The number of benzene rings is 7. The predicted molar refractivity (Wildman–Crippen MR) is 419 cm³/mol. The van der Waals surface area contributed by atoms with Crippen molar-refractivity contribution >= 4 is 82.1 Å². The van der Waals surface area contributed by atoms with Gasteiger partial charge >= 0.3 is 12.3 Å². The maximum atomic E-state index is 16.4. The molecule has 11 bridgehead atoms. The summed E-state index contributed by atoms with van der Waals surface area (Å²) in [4.78, 5) is 134. The van der Waals surface area contributed by atoms with Crippen LogP contribution in [0.1, 0.15) is 121 Å². The number of carbonyl (C=O) groups excluding carboxylic acids is 8. The average Bonchev–Trinajstić information content (AvgIpc) is 0.779. The van der Waals surface area contributed by atoms with Crippen LogP contribution < -0.4 is 72.5 Å². The number of phenols is 3. The molecule has 7 aromatic carbocycles. The lowest BCUT2D eigenvalue weighted by molar-refractivity contribution is -0.277. The van der Waals surface area contributed by atoms with E-state index in [0.717, 1.165) is 91.0 Å². The Bertz CT molecular complexity index is 5190. The number of ether oxygens (including phenoxy) is 7. The number of likely N-dealkylation sites (N-methyl/N-ethyl adjacent to an activating group) is 1. The summed E-state index contributed by atoms with van der Waals surface area (Å²) < 4.78 is 81.4. The lowest BCUT2D eigenvalue weighted by Gasteiger charge is -2.47. The highest BCUT2D eigenvalue weighted by atomic mass is 35.5. The summed E-state index contributed by atoms with van der Waals surface area (Å²) in [5.41, 5.74) is 1.90. The Labute approximate surface area is 701 Å². The Hall–Kier alpha value is -11.7. The first-order chi connectivity index (χ1) is 57.7. The first-order valence-corrected chi connectivity index (χ1v) is 38.6. The number of aromatic hydroxyl groups is 3. The Kier molecular flexibility index (Phi) is 27.1. The van der Waals surface area contributed by atoms with E-state index in [0.29, 0.717) is 5.56 Å². The van der Waals surface area contributed by atoms with E-state index < -0.39 is 272 Å². The number of carboxylic acid groups (broad SMARTS) is 1. The third-order valence-corrected chi connectivity index (χ3v) is 21.5. The van der Waals surface area contributed by atoms with E-state index in [4.69, 9.17) is 57.4 Å². The van der Waals surface area contributed by atoms with Crippen molar-refractivity contribution in [3.05, 3.63) is 176 Å². The monoisotopic (exact) mass is 1740 g/mol. The van der Waals surface area contributed by atoms with Crippen LogP contribution in [0.15, 0.2) is 127 Å². The van der Waals surface area contributed by atoms with Crippen molar-refractivity contribution in [3.63, 3.8) is 0 Å². The molecule has 7 aromatic rings. The highest BCUT2D eigenvalue weighted by Gasteiger charge is 2.50. The Morgan fingerprint density at radius 3 is 1.97 bits per heavy atom. The number of carbonyl (C=O) groups is 9. The van der Waals surface area contributed by atoms with Crippen molar-refractivity contribution < 1.29 is 141 Å². The van der Waals surface area contributed by atoms with E-state index in [1.807, 2.05) is 0 Å². The van der Waals surface area contributed by atoms with Crippen LogP contribution in [0.3, 0.4) is 0 Å². The van der Waals surface area contributed by atoms with Crippen molar-refractivity contribution in [3.8, 4) is 62.9 Å². The second-order valence-corrected chi connectivity index (χ2v) is 31.0. The van der Waals surface area contributed by atoms with Gasteiger partial charge in [-0.3, -0.25) is 38.4 Å². The summed E-state index contributed by atoms with van der Waals surface area (Å²) in [6, 6.07) is 9.26. The Balaban J connectivity index is 1.03. The van der Waals surface area contributed by atoms with E-state index in [-0.39, 0.29) is 47.0 Å². The van der Waals surface area contributed by atoms with Crippen LogP contribution in [-0.4, -0.2) is 203 Å². The molecule has 122 heavy (non-hydrogen) atoms. The van der Waals surface area contributed by atoms with Crippen molar-refractivity contribution in [2.75, 3.05) is 19.0 Å².